The van der Waals surface area contributed by atoms with Gasteiger partial charge in [-0.3, -0.25) is 9.69 Å². The Morgan fingerprint density at radius 3 is 2.62 bits per heavy atom. The van der Waals surface area contributed by atoms with E-state index in [1.807, 2.05) is 0 Å². The van der Waals surface area contributed by atoms with Crippen molar-refractivity contribution in [3.8, 4) is 0 Å². The first-order chi connectivity index (χ1) is 10.1. The van der Waals surface area contributed by atoms with Gasteiger partial charge in [-0.15, -0.1) is 0 Å². The second kappa shape index (κ2) is 8.71. The molecule has 0 bridgehead atoms. The van der Waals surface area contributed by atoms with Crippen molar-refractivity contribution in [1.82, 2.24) is 15.5 Å². The van der Waals surface area contributed by atoms with Crippen LogP contribution >= 0.6 is 0 Å². The van der Waals surface area contributed by atoms with Crippen molar-refractivity contribution >= 4 is 5.91 Å². The number of hydrogen-bond donors (Lipinski definition) is 2. The Bertz CT molecular complexity index is 313. The average molecular weight is 297 g/mol. The quantitative estimate of drug-likeness (QED) is 0.763. The third-order valence-electron chi connectivity index (χ3n) is 4.74. The van der Waals surface area contributed by atoms with Crippen molar-refractivity contribution in [3.05, 3.63) is 0 Å². The van der Waals surface area contributed by atoms with Crippen LogP contribution in [0.25, 0.3) is 0 Å². The molecule has 122 valence electrons. The van der Waals surface area contributed by atoms with Gasteiger partial charge in [0.1, 0.15) is 0 Å². The summed E-state index contributed by atoms with van der Waals surface area (Å²) >= 11 is 0. The molecule has 0 radical (unpaired) electrons. The summed E-state index contributed by atoms with van der Waals surface area (Å²) in [4.78, 5) is 14.5. The Kier molecular flexibility index (Phi) is 6.93. The number of carbonyl (C=O) groups is 1. The van der Waals surface area contributed by atoms with Crippen LogP contribution in [-0.4, -0.2) is 62.8 Å². The topological polar surface area (TPSA) is 53.6 Å². The van der Waals surface area contributed by atoms with Gasteiger partial charge in [-0.1, -0.05) is 6.92 Å². The molecule has 2 N–H and O–H groups in total. The maximum absolute atomic E-state index is 12.2. The molecule has 2 aliphatic rings. The van der Waals surface area contributed by atoms with E-state index in [2.05, 4.69) is 29.4 Å². The lowest BCUT2D eigenvalue weighted by molar-refractivity contribution is -0.123. The number of amides is 1. The van der Waals surface area contributed by atoms with Crippen LogP contribution in [0, 0.1) is 11.8 Å². The van der Waals surface area contributed by atoms with Crippen LogP contribution in [0.4, 0.5) is 0 Å². The highest BCUT2D eigenvalue weighted by atomic mass is 16.5. The highest BCUT2D eigenvalue weighted by Crippen LogP contribution is 2.24. The summed E-state index contributed by atoms with van der Waals surface area (Å²) in [6.07, 6.45) is 3.08. The molecule has 0 aromatic heterocycles. The van der Waals surface area contributed by atoms with Gasteiger partial charge in [-0.25, -0.2) is 0 Å². The molecule has 5 heteroatoms. The van der Waals surface area contributed by atoms with Gasteiger partial charge >= 0.3 is 0 Å². The molecule has 0 aromatic rings. The van der Waals surface area contributed by atoms with Gasteiger partial charge in [0, 0.05) is 32.1 Å². The number of piperidine rings is 1. The van der Waals surface area contributed by atoms with Gasteiger partial charge in [0.15, 0.2) is 0 Å². The van der Waals surface area contributed by atoms with Gasteiger partial charge < -0.3 is 15.4 Å². The van der Waals surface area contributed by atoms with E-state index in [4.69, 9.17) is 4.74 Å². The molecular weight excluding hydrogens is 266 g/mol. The van der Waals surface area contributed by atoms with E-state index in [9.17, 15) is 4.79 Å². The molecule has 2 atom stereocenters. The molecule has 0 spiro atoms. The van der Waals surface area contributed by atoms with Crippen molar-refractivity contribution in [2.75, 3.05) is 45.9 Å². The molecule has 2 fully saturated rings. The summed E-state index contributed by atoms with van der Waals surface area (Å²) in [6, 6.07) is 0.218. The molecule has 2 rings (SSSR count). The number of carbonyl (C=O) groups excluding carboxylic acids is 1. The molecule has 0 aliphatic carbocycles. The van der Waals surface area contributed by atoms with Crippen LogP contribution < -0.4 is 10.6 Å². The second-order valence-electron chi connectivity index (χ2n) is 6.65. The number of nitrogens with zero attached hydrogens (tertiary/aromatic N) is 1. The molecule has 1 amide bonds. The fourth-order valence-electron chi connectivity index (χ4n) is 3.42. The lowest BCUT2D eigenvalue weighted by Gasteiger charge is -2.30. The Morgan fingerprint density at radius 1 is 1.29 bits per heavy atom. The Labute approximate surface area is 128 Å². The highest BCUT2D eigenvalue weighted by Gasteiger charge is 2.23. The largest absolute Gasteiger partial charge is 0.379 e. The molecule has 2 unspecified atom stereocenters. The lowest BCUT2D eigenvalue weighted by Crippen LogP contribution is -2.46. The predicted molar refractivity (Wildman–Crippen MR) is 84.2 cm³/mol. The summed E-state index contributed by atoms with van der Waals surface area (Å²) in [5.41, 5.74) is 0. The van der Waals surface area contributed by atoms with Crippen LogP contribution in [0.3, 0.4) is 0 Å². The van der Waals surface area contributed by atoms with E-state index in [1.165, 1.54) is 12.8 Å². The Morgan fingerprint density at radius 2 is 1.95 bits per heavy atom. The smallest absolute Gasteiger partial charge is 0.220 e. The minimum Gasteiger partial charge on any atom is -0.379 e. The predicted octanol–water partition coefficient (Wildman–Crippen LogP) is 0.849. The van der Waals surface area contributed by atoms with Crippen molar-refractivity contribution in [3.63, 3.8) is 0 Å². The fraction of sp³-hybridized carbons (Fsp3) is 0.938. The van der Waals surface area contributed by atoms with Crippen LogP contribution in [0.1, 0.15) is 33.1 Å². The summed E-state index contributed by atoms with van der Waals surface area (Å²) < 4.78 is 5.35. The first-order valence-corrected chi connectivity index (χ1v) is 8.45. The van der Waals surface area contributed by atoms with E-state index in [1.54, 1.807) is 0 Å². The first kappa shape index (κ1) is 16.7. The van der Waals surface area contributed by atoms with Crippen LogP contribution in [-0.2, 0) is 9.53 Å². The van der Waals surface area contributed by atoms with E-state index in [0.717, 1.165) is 45.9 Å². The molecular formula is C16H31N3O2. The van der Waals surface area contributed by atoms with Crippen molar-refractivity contribution < 1.29 is 9.53 Å². The number of nitrogens with one attached hydrogen (secondary N) is 2. The third-order valence-corrected chi connectivity index (χ3v) is 4.74. The molecule has 0 aromatic carbocycles. The second-order valence-corrected chi connectivity index (χ2v) is 6.65. The number of rotatable bonds is 6. The summed E-state index contributed by atoms with van der Waals surface area (Å²) in [7, 11) is 0. The standard InChI is InChI=1S/C16H31N3O2/c1-13(15-3-5-17-6-4-15)11-16(20)18-14(2)12-19-7-9-21-10-8-19/h13-15,17H,3-12H2,1-2H3,(H,18,20). The van der Waals surface area contributed by atoms with Gasteiger partial charge in [0.25, 0.3) is 0 Å². The van der Waals surface area contributed by atoms with Gasteiger partial charge in [-0.2, -0.15) is 0 Å². The minimum absolute atomic E-state index is 0.210. The highest BCUT2D eigenvalue weighted by molar-refractivity contribution is 5.76. The molecule has 2 aliphatic heterocycles. The summed E-state index contributed by atoms with van der Waals surface area (Å²) in [6.45, 7) is 11.0. The molecule has 5 nitrogen and oxygen atoms in total. The first-order valence-electron chi connectivity index (χ1n) is 8.45. The van der Waals surface area contributed by atoms with Crippen LogP contribution in [0.2, 0.25) is 0 Å². The monoisotopic (exact) mass is 297 g/mol. The summed E-state index contributed by atoms with van der Waals surface area (Å²) in [5.74, 6) is 1.40. The fourth-order valence-corrected chi connectivity index (χ4v) is 3.42. The van der Waals surface area contributed by atoms with E-state index < -0.39 is 0 Å². The van der Waals surface area contributed by atoms with Gasteiger partial charge in [0.05, 0.1) is 13.2 Å². The molecule has 2 heterocycles. The maximum Gasteiger partial charge on any atom is 0.220 e. The SMILES string of the molecule is CC(CN1CCOCC1)NC(=O)CC(C)C1CCNCC1. The van der Waals surface area contributed by atoms with Crippen LogP contribution in [0.5, 0.6) is 0 Å². The zero-order chi connectivity index (χ0) is 15.1. The van der Waals surface area contributed by atoms with Crippen molar-refractivity contribution in [2.24, 2.45) is 11.8 Å². The van der Waals surface area contributed by atoms with Gasteiger partial charge in [0.2, 0.25) is 5.91 Å². The third kappa shape index (κ3) is 5.93. The molecule has 2 saturated heterocycles. The maximum atomic E-state index is 12.2. The van der Waals surface area contributed by atoms with E-state index >= 15 is 0 Å². The molecule has 0 saturated carbocycles. The average Bonchev–Trinajstić information content (AvgIpc) is 2.48. The number of morpholine rings is 1. The Hall–Kier alpha value is -0.650. The Balaban J connectivity index is 1.65. The van der Waals surface area contributed by atoms with E-state index in [-0.39, 0.29) is 11.9 Å². The van der Waals surface area contributed by atoms with Crippen molar-refractivity contribution in [1.29, 1.82) is 0 Å². The van der Waals surface area contributed by atoms with Crippen LogP contribution in [0.15, 0.2) is 0 Å². The zero-order valence-corrected chi connectivity index (χ0v) is 13.6. The van der Waals surface area contributed by atoms with Gasteiger partial charge in [-0.05, 0) is 44.7 Å². The number of ether oxygens (including phenoxy) is 1. The summed E-state index contributed by atoms with van der Waals surface area (Å²) in [5, 5.41) is 6.54. The number of hydrogen-bond acceptors (Lipinski definition) is 4. The zero-order valence-electron chi connectivity index (χ0n) is 13.6. The minimum atomic E-state index is 0.210. The van der Waals surface area contributed by atoms with E-state index in [0.29, 0.717) is 18.3 Å². The lowest BCUT2D eigenvalue weighted by atomic mass is 9.84. The van der Waals surface area contributed by atoms with Crippen molar-refractivity contribution in [2.45, 2.75) is 39.2 Å². The normalized spacial score (nSPS) is 24.5. The molecule has 21 heavy (non-hydrogen) atoms.